The first-order valence-electron chi connectivity index (χ1n) is 12.3. The number of amides is 2. The third-order valence-corrected chi connectivity index (χ3v) is 7.00. The lowest BCUT2D eigenvalue weighted by atomic mass is 10.1. The molecule has 0 saturated carbocycles. The molecule has 198 valence electrons. The van der Waals surface area contributed by atoms with Crippen molar-refractivity contribution in [1.82, 2.24) is 10.2 Å². The lowest BCUT2D eigenvalue weighted by molar-refractivity contribution is 0.0746. The molecule has 7 nitrogen and oxygen atoms in total. The summed E-state index contributed by atoms with van der Waals surface area (Å²) in [6, 6.07) is 19.9. The van der Waals surface area contributed by atoms with Crippen molar-refractivity contribution in [2.24, 2.45) is 0 Å². The molecule has 38 heavy (non-hydrogen) atoms. The second-order valence-electron chi connectivity index (χ2n) is 8.74. The highest BCUT2D eigenvalue weighted by Gasteiger charge is 2.23. The van der Waals surface area contributed by atoms with Crippen LogP contribution >= 0.6 is 39.7 Å². The fraction of sp³-hybridized carbons (Fsp3) is 0.250. The van der Waals surface area contributed by atoms with Gasteiger partial charge < -0.3 is 19.9 Å². The van der Waals surface area contributed by atoms with Crippen molar-refractivity contribution in [2.75, 3.05) is 43.0 Å². The molecule has 0 unspecified atom stereocenters. The minimum atomic E-state index is -0.306. The van der Waals surface area contributed by atoms with Crippen molar-refractivity contribution in [3.05, 3.63) is 87.4 Å². The maximum atomic E-state index is 13.0. The molecule has 1 aliphatic rings. The fourth-order valence-corrected chi connectivity index (χ4v) is 4.96. The molecule has 10 heteroatoms. The van der Waals surface area contributed by atoms with Crippen LogP contribution in [0.1, 0.15) is 34.1 Å². The van der Waals surface area contributed by atoms with Gasteiger partial charge in [-0.1, -0.05) is 40.5 Å². The van der Waals surface area contributed by atoms with E-state index in [2.05, 4.69) is 38.4 Å². The normalized spacial score (nSPS) is 13.1. The summed E-state index contributed by atoms with van der Waals surface area (Å²) in [6.07, 6.45) is 0.938. The van der Waals surface area contributed by atoms with Crippen LogP contribution in [0.2, 0.25) is 5.02 Å². The number of ether oxygens (including phenoxy) is 1. The van der Waals surface area contributed by atoms with Gasteiger partial charge >= 0.3 is 0 Å². The number of anilines is 2. The van der Waals surface area contributed by atoms with Gasteiger partial charge in [-0.3, -0.25) is 14.9 Å². The number of thiocarbonyl (C=S) groups is 1. The standard InChI is InChI=1S/C28H28BrClN4O3S/c1-2-16-37-23-9-6-19(7-10-23)27(36)34-14-12-33(13-15-34)25-11-8-22(18-24(25)30)31-28(38)32-26(35)20-4-3-5-21(29)17-20/h3-11,17-18H,2,12-16H2,1H3,(H2,31,32,35,38). The first-order chi connectivity index (χ1) is 18.3. The first kappa shape index (κ1) is 27.9. The van der Waals surface area contributed by atoms with E-state index in [1.54, 1.807) is 24.3 Å². The molecule has 0 atom stereocenters. The average molecular weight is 616 g/mol. The van der Waals surface area contributed by atoms with E-state index in [0.29, 0.717) is 54.6 Å². The molecule has 2 amide bonds. The van der Waals surface area contributed by atoms with Crippen LogP contribution < -0.4 is 20.3 Å². The molecule has 1 heterocycles. The highest BCUT2D eigenvalue weighted by atomic mass is 79.9. The predicted molar refractivity (Wildman–Crippen MR) is 160 cm³/mol. The summed E-state index contributed by atoms with van der Waals surface area (Å²) < 4.78 is 6.41. The largest absolute Gasteiger partial charge is 0.494 e. The molecule has 1 aliphatic heterocycles. The molecule has 4 rings (SSSR count). The Kier molecular flexibility index (Phi) is 9.60. The van der Waals surface area contributed by atoms with Crippen molar-refractivity contribution in [3.8, 4) is 5.75 Å². The van der Waals surface area contributed by atoms with E-state index >= 15 is 0 Å². The smallest absolute Gasteiger partial charge is 0.257 e. The molecule has 0 aliphatic carbocycles. The summed E-state index contributed by atoms with van der Waals surface area (Å²) in [5.74, 6) is 0.476. The monoisotopic (exact) mass is 614 g/mol. The van der Waals surface area contributed by atoms with Crippen LogP contribution in [0.15, 0.2) is 71.2 Å². The number of nitrogens with one attached hydrogen (secondary N) is 2. The summed E-state index contributed by atoms with van der Waals surface area (Å²) in [5, 5.41) is 6.41. The van der Waals surface area contributed by atoms with E-state index in [9.17, 15) is 9.59 Å². The first-order valence-corrected chi connectivity index (χ1v) is 13.9. The van der Waals surface area contributed by atoms with Crippen molar-refractivity contribution >= 4 is 68.1 Å². The Morgan fingerprint density at radius 1 is 1.00 bits per heavy atom. The summed E-state index contributed by atoms with van der Waals surface area (Å²) in [7, 11) is 0. The Hall–Kier alpha value is -3.14. The number of rotatable bonds is 7. The van der Waals surface area contributed by atoms with Gasteiger partial charge in [0.05, 0.1) is 17.3 Å². The molecule has 3 aromatic rings. The molecule has 3 aromatic carbocycles. The Morgan fingerprint density at radius 2 is 1.74 bits per heavy atom. The van der Waals surface area contributed by atoms with Crippen LogP contribution in [0.5, 0.6) is 5.75 Å². The van der Waals surface area contributed by atoms with Crippen molar-refractivity contribution in [1.29, 1.82) is 0 Å². The number of nitrogens with zero attached hydrogens (tertiary/aromatic N) is 2. The van der Waals surface area contributed by atoms with Gasteiger partial charge in [0.15, 0.2) is 5.11 Å². The van der Waals surface area contributed by atoms with Gasteiger partial charge in [0, 0.05) is 47.5 Å². The Morgan fingerprint density at radius 3 is 2.39 bits per heavy atom. The molecule has 1 fully saturated rings. The van der Waals surface area contributed by atoms with E-state index in [4.69, 9.17) is 28.6 Å². The minimum absolute atomic E-state index is 0.00996. The van der Waals surface area contributed by atoms with Gasteiger partial charge in [-0.2, -0.15) is 0 Å². The highest BCUT2D eigenvalue weighted by molar-refractivity contribution is 9.10. The van der Waals surface area contributed by atoms with Gasteiger partial charge in [0.25, 0.3) is 11.8 Å². The van der Waals surface area contributed by atoms with Gasteiger partial charge in [-0.05, 0) is 79.3 Å². The Balaban J connectivity index is 1.30. The molecule has 2 N–H and O–H groups in total. The number of benzene rings is 3. The maximum absolute atomic E-state index is 13.0. The lowest BCUT2D eigenvalue weighted by Gasteiger charge is -2.36. The van der Waals surface area contributed by atoms with Crippen LogP contribution in [0, 0.1) is 0 Å². The highest BCUT2D eigenvalue weighted by Crippen LogP contribution is 2.30. The average Bonchev–Trinajstić information content (AvgIpc) is 2.92. The lowest BCUT2D eigenvalue weighted by Crippen LogP contribution is -2.48. The van der Waals surface area contributed by atoms with Crippen LogP contribution in [0.25, 0.3) is 0 Å². The predicted octanol–water partition coefficient (Wildman–Crippen LogP) is 5.98. The zero-order valence-electron chi connectivity index (χ0n) is 20.9. The van der Waals surface area contributed by atoms with Gasteiger partial charge in [0.2, 0.25) is 0 Å². The minimum Gasteiger partial charge on any atom is -0.494 e. The van der Waals surface area contributed by atoms with Gasteiger partial charge in [0.1, 0.15) is 5.75 Å². The number of carbonyl (C=O) groups is 2. The molecular weight excluding hydrogens is 588 g/mol. The second kappa shape index (κ2) is 13.1. The zero-order chi connectivity index (χ0) is 27.1. The molecule has 1 saturated heterocycles. The Labute approximate surface area is 241 Å². The van der Waals surface area contributed by atoms with E-state index < -0.39 is 0 Å². The van der Waals surface area contributed by atoms with Gasteiger partial charge in [-0.15, -0.1) is 0 Å². The van der Waals surface area contributed by atoms with Gasteiger partial charge in [-0.25, -0.2) is 0 Å². The van der Waals surface area contributed by atoms with E-state index in [-0.39, 0.29) is 16.9 Å². The second-order valence-corrected chi connectivity index (χ2v) is 10.5. The molecular formula is C28H28BrClN4O3S. The number of halogens is 2. The molecule has 0 aromatic heterocycles. The van der Waals surface area contributed by atoms with Crippen molar-refractivity contribution < 1.29 is 14.3 Å². The third-order valence-electron chi connectivity index (χ3n) is 6.00. The number of hydrogen-bond donors (Lipinski definition) is 2. The fourth-order valence-electron chi connectivity index (χ4n) is 4.06. The number of hydrogen-bond acceptors (Lipinski definition) is 5. The number of carbonyl (C=O) groups excluding carboxylic acids is 2. The summed E-state index contributed by atoms with van der Waals surface area (Å²) in [4.78, 5) is 29.4. The van der Waals surface area contributed by atoms with E-state index in [1.165, 1.54) is 0 Å². The Bertz CT molecular complexity index is 1310. The molecule has 0 radical (unpaired) electrons. The van der Waals surface area contributed by atoms with Crippen LogP contribution in [0.3, 0.4) is 0 Å². The number of piperazine rings is 1. The third kappa shape index (κ3) is 7.24. The van der Waals surface area contributed by atoms with Crippen LogP contribution in [-0.2, 0) is 0 Å². The summed E-state index contributed by atoms with van der Waals surface area (Å²) >= 11 is 15.3. The van der Waals surface area contributed by atoms with Crippen LogP contribution in [-0.4, -0.2) is 54.6 Å². The topological polar surface area (TPSA) is 73.9 Å². The quantitative estimate of drug-likeness (QED) is 0.319. The maximum Gasteiger partial charge on any atom is 0.257 e. The SMILES string of the molecule is CCCOc1ccc(C(=O)N2CCN(c3ccc(NC(=S)NC(=O)c4cccc(Br)c4)cc3Cl)CC2)cc1. The summed E-state index contributed by atoms with van der Waals surface area (Å²) in [6.45, 7) is 5.22. The van der Waals surface area contributed by atoms with E-state index in [0.717, 1.165) is 22.3 Å². The molecule has 0 spiro atoms. The van der Waals surface area contributed by atoms with Crippen molar-refractivity contribution in [2.45, 2.75) is 13.3 Å². The van der Waals surface area contributed by atoms with E-state index in [1.807, 2.05) is 47.4 Å². The van der Waals surface area contributed by atoms with Crippen molar-refractivity contribution in [3.63, 3.8) is 0 Å². The summed E-state index contributed by atoms with van der Waals surface area (Å²) in [5.41, 5.74) is 2.69. The van der Waals surface area contributed by atoms with Crippen LogP contribution in [0.4, 0.5) is 11.4 Å². The zero-order valence-corrected chi connectivity index (χ0v) is 24.0. The molecule has 0 bridgehead atoms.